The molecule has 0 aliphatic heterocycles. The van der Waals surface area contributed by atoms with Gasteiger partial charge in [-0.25, -0.2) is 4.79 Å². The summed E-state index contributed by atoms with van der Waals surface area (Å²) in [6, 6.07) is 5.39. The van der Waals surface area contributed by atoms with Crippen molar-refractivity contribution >= 4 is 23.9 Å². The van der Waals surface area contributed by atoms with Crippen LogP contribution in [-0.4, -0.2) is 41.2 Å². The molecule has 0 bridgehead atoms. The topological polar surface area (TPSA) is 113 Å². The molecule has 1 amide bonds. The van der Waals surface area contributed by atoms with Crippen molar-refractivity contribution < 1.29 is 29.3 Å². The molecule has 1 atom stereocenters. The molecule has 0 unspecified atom stereocenters. The number of aliphatic carboxylic acids is 2. The van der Waals surface area contributed by atoms with Crippen molar-refractivity contribution in [2.75, 3.05) is 7.11 Å². The Morgan fingerprint density at radius 3 is 2.33 bits per heavy atom. The molecule has 7 heteroatoms. The normalized spacial score (nSPS) is 11.9. The molecule has 0 heterocycles. The Hall–Kier alpha value is -2.83. The zero-order valence-corrected chi connectivity index (χ0v) is 11.3. The zero-order chi connectivity index (χ0) is 15.8. The Kier molecular flexibility index (Phi) is 5.94. The summed E-state index contributed by atoms with van der Waals surface area (Å²) in [5, 5.41) is 19.5. The Morgan fingerprint density at radius 1 is 1.24 bits per heavy atom. The first kappa shape index (κ1) is 16.2. The quantitative estimate of drug-likeness (QED) is 0.639. The maximum Gasteiger partial charge on any atom is 0.326 e. The highest BCUT2D eigenvalue weighted by Crippen LogP contribution is 2.12. The van der Waals surface area contributed by atoms with E-state index >= 15 is 0 Å². The highest BCUT2D eigenvalue weighted by Gasteiger charge is 2.21. The van der Waals surface area contributed by atoms with Gasteiger partial charge in [0, 0.05) is 6.08 Å². The number of nitrogens with one attached hydrogen (secondary N) is 1. The number of carboxylic acid groups (broad SMARTS) is 2. The second-order valence-electron chi connectivity index (χ2n) is 4.10. The SMILES string of the molecule is COc1ccc(C=CC(=O)N[C@@H](CC(=O)O)C(=O)O)cc1. The molecule has 0 aromatic heterocycles. The second-order valence-corrected chi connectivity index (χ2v) is 4.10. The highest BCUT2D eigenvalue weighted by molar-refractivity contribution is 5.95. The van der Waals surface area contributed by atoms with Gasteiger partial charge in [-0.05, 0) is 23.8 Å². The summed E-state index contributed by atoms with van der Waals surface area (Å²) in [4.78, 5) is 32.8. The smallest absolute Gasteiger partial charge is 0.326 e. The van der Waals surface area contributed by atoms with Gasteiger partial charge in [0.05, 0.1) is 13.5 Å². The van der Waals surface area contributed by atoms with Gasteiger partial charge in [-0.2, -0.15) is 0 Å². The van der Waals surface area contributed by atoms with Gasteiger partial charge in [0.2, 0.25) is 5.91 Å². The van der Waals surface area contributed by atoms with Crippen LogP contribution in [0.15, 0.2) is 30.3 Å². The number of amides is 1. The van der Waals surface area contributed by atoms with E-state index in [-0.39, 0.29) is 0 Å². The van der Waals surface area contributed by atoms with Crippen LogP contribution in [-0.2, 0) is 14.4 Å². The molecule has 7 nitrogen and oxygen atoms in total. The molecule has 0 fully saturated rings. The van der Waals surface area contributed by atoms with Crippen LogP contribution in [0.4, 0.5) is 0 Å². The van der Waals surface area contributed by atoms with E-state index in [1.54, 1.807) is 24.3 Å². The van der Waals surface area contributed by atoms with E-state index in [0.29, 0.717) is 5.75 Å². The summed E-state index contributed by atoms with van der Waals surface area (Å²) < 4.78 is 4.99. The van der Waals surface area contributed by atoms with Gasteiger partial charge in [0.1, 0.15) is 11.8 Å². The Labute approximate surface area is 120 Å². The molecular weight excluding hydrogens is 278 g/mol. The van der Waals surface area contributed by atoms with Gasteiger partial charge in [-0.1, -0.05) is 12.1 Å². The van der Waals surface area contributed by atoms with Gasteiger partial charge in [0.15, 0.2) is 0 Å². The molecule has 0 radical (unpaired) electrons. The molecule has 1 rings (SSSR count). The fourth-order valence-corrected chi connectivity index (χ4v) is 1.48. The van der Waals surface area contributed by atoms with Crippen molar-refractivity contribution in [3.8, 4) is 5.75 Å². The number of hydrogen-bond acceptors (Lipinski definition) is 4. The van der Waals surface area contributed by atoms with E-state index in [2.05, 4.69) is 5.32 Å². The minimum atomic E-state index is -1.46. The monoisotopic (exact) mass is 293 g/mol. The summed E-state index contributed by atoms with van der Waals surface area (Å²) in [7, 11) is 1.53. The molecule has 21 heavy (non-hydrogen) atoms. The first-order valence-corrected chi connectivity index (χ1v) is 5.99. The predicted molar refractivity (Wildman–Crippen MR) is 73.8 cm³/mol. The molecule has 3 N–H and O–H groups in total. The Morgan fingerprint density at radius 2 is 1.86 bits per heavy atom. The fraction of sp³-hybridized carbons (Fsp3) is 0.214. The van der Waals surface area contributed by atoms with Crippen molar-refractivity contribution in [2.24, 2.45) is 0 Å². The number of ether oxygens (including phenoxy) is 1. The second kappa shape index (κ2) is 7.68. The molecule has 0 spiro atoms. The highest BCUT2D eigenvalue weighted by atomic mass is 16.5. The maximum atomic E-state index is 11.6. The molecule has 1 aromatic rings. The van der Waals surface area contributed by atoms with Crippen LogP contribution in [0.5, 0.6) is 5.75 Å². The number of rotatable bonds is 7. The lowest BCUT2D eigenvalue weighted by Crippen LogP contribution is -2.41. The number of methoxy groups -OCH3 is 1. The fourth-order valence-electron chi connectivity index (χ4n) is 1.48. The summed E-state index contributed by atoms with van der Waals surface area (Å²) in [6.07, 6.45) is 1.94. The Balaban J connectivity index is 2.63. The predicted octanol–water partition coefficient (Wildman–Crippen LogP) is 0.752. The maximum absolute atomic E-state index is 11.6. The number of benzene rings is 1. The standard InChI is InChI=1S/C14H15NO6/c1-21-10-5-2-9(3-6-10)4-7-12(16)15-11(14(19)20)8-13(17)18/h2-7,11H,8H2,1H3,(H,15,16)(H,17,18)(H,19,20)/t11-/m0/s1. The number of carbonyl (C=O) groups excluding carboxylic acids is 1. The number of hydrogen-bond donors (Lipinski definition) is 3. The van der Waals surface area contributed by atoms with E-state index in [4.69, 9.17) is 14.9 Å². The van der Waals surface area contributed by atoms with Gasteiger partial charge >= 0.3 is 11.9 Å². The number of carboxylic acids is 2. The molecule has 112 valence electrons. The lowest BCUT2D eigenvalue weighted by atomic mass is 10.2. The molecule has 1 aromatic carbocycles. The third-order valence-electron chi connectivity index (χ3n) is 2.54. The summed E-state index contributed by atoms with van der Waals surface area (Å²) in [5.41, 5.74) is 0.719. The summed E-state index contributed by atoms with van der Waals surface area (Å²) in [5.74, 6) is -2.71. The molecule has 0 aliphatic carbocycles. The molecular formula is C14H15NO6. The van der Waals surface area contributed by atoms with E-state index < -0.39 is 30.3 Å². The average molecular weight is 293 g/mol. The first-order chi connectivity index (χ1) is 9.92. The van der Waals surface area contributed by atoms with Gasteiger partial charge in [-0.3, -0.25) is 9.59 Å². The van der Waals surface area contributed by atoms with Crippen LogP contribution >= 0.6 is 0 Å². The van der Waals surface area contributed by atoms with Crippen LogP contribution in [0.25, 0.3) is 6.08 Å². The van der Waals surface area contributed by atoms with Gasteiger partial charge < -0.3 is 20.3 Å². The summed E-state index contributed by atoms with van der Waals surface area (Å²) in [6.45, 7) is 0. The third kappa shape index (κ3) is 5.77. The van der Waals surface area contributed by atoms with Crippen molar-refractivity contribution in [3.63, 3.8) is 0 Å². The van der Waals surface area contributed by atoms with Gasteiger partial charge in [-0.15, -0.1) is 0 Å². The molecule has 0 aliphatic rings. The minimum absolute atomic E-state index is 0.670. The van der Waals surface area contributed by atoms with Crippen molar-refractivity contribution in [1.82, 2.24) is 5.32 Å². The molecule has 0 saturated heterocycles. The van der Waals surface area contributed by atoms with Crippen molar-refractivity contribution in [2.45, 2.75) is 12.5 Å². The van der Waals surface area contributed by atoms with E-state index in [0.717, 1.165) is 11.6 Å². The molecule has 0 saturated carbocycles. The van der Waals surface area contributed by atoms with Gasteiger partial charge in [0.25, 0.3) is 0 Å². The summed E-state index contributed by atoms with van der Waals surface area (Å²) >= 11 is 0. The van der Waals surface area contributed by atoms with Crippen LogP contribution in [0, 0.1) is 0 Å². The van der Waals surface area contributed by atoms with Crippen LogP contribution in [0.2, 0.25) is 0 Å². The van der Waals surface area contributed by atoms with Crippen molar-refractivity contribution in [1.29, 1.82) is 0 Å². The number of carbonyl (C=O) groups is 3. The first-order valence-electron chi connectivity index (χ1n) is 5.99. The van der Waals surface area contributed by atoms with E-state index in [1.165, 1.54) is 13.2 Å². The Bertz CT molecular complexity index is 549. The van der Waals surface area contributed by atoms with Crippen LogP contribution in [0.3, 0.4) is 0 Å². The third-order valence-corrected chi connectivity index (χ3v) is 2.54. The van der Waals surface area contributed by atoms with E-state index in [1.807, 2.05) is 0 Å². The average Bonchev–Trinajstić information content (AvgIpc) is 2.44. The lowest BCUT2D eigenvalue weighted by Gasteiger charge is -2.10. The zero-order valence-electron chi connectivity index (χ0n) is 11.3. The van der Waals surface area contributed by atoms with Crippen molar-refractivity contribution in [3.05, 3.63) is 35.9 Å². The van der Waals surface area contributed by atoms with Crippen LogP contribution < -0.4 is 10.1 Å². The largest absolute Gasteiger partial charge is 0.497 e. The van der Waals surface area contributed by atoms with Crippen LogP contribution in [0.1, 0.15) is 12.0 Å². The van der Waals surface area contributed by atoms with E-state index in [9.17, 15) is 14.4 Å². The minimum Gasteiger partial charge on any atom is -0.497 e. The lowest BCUT2D eigenvalue weighted by molar-refractivity contribution is -0.146.